The fourth-order valence-corrected chi connectivity index (χ4v) is 1.50. The lowest BCUT2D eigenvalue weighted by Crippen LogP contribution is -2.13. The van der Waals surface area contributed by atoms with Gasteiger partial charge >= 0.3 is 0 Å². The second-order valence-electron chi connectivity index (χ2n) is 5.39. The highest BCUT2D eigenvalue weighted by Gasteiger charge is 2.26. The molecule has 1 fully saturated rings. The van der Waals surface area contributed by atoms with Crippen molar-refractivity contribution in [2.24, 2.45) is 0 Å². The molecule has 1 saturated carbocycles. The van der Waals surface area contributed by atoms with Crippen LogP contribution in [0, 0.1) is 0 Å². The summed E-state index contributed by atoms with van der Waals surface area (Å²) < 4.78 is 5.86. The molecule has 1 aliphatic rings. The molecule has 0 unspecified atom stereocenters. The highest BCUT2D eigenvalue weighted by molar-refractivity contribution is 5.51. The highest BCUT2D eigenvalue weighted by Crippen LogP contribution is 2.34. The third-order valence-electron chi connectivity index (χ3n) is 2.77. The molecule has 0 bridgehead atoms. The van der Waals surface area contributed by atoms with Gasteiger partial charge in [-0.2, -0.15) is 0 Å². The number of aromatic nitrogens is 1. The molecule has 1 N–H and O–H groups in total. The zero-order valence-corrected chi connectivity index (χ0v) is 10.5. The molecular weight excluding hydrogens is 200 g/mol. The largest absolute Gasteiger partial charge is 0.487 e. The second-order valence-corrected chi connectivity index (χ2v) is 5.39. The van der Waals surface area contributed by atoms with E-state index < -0.39 is 0 Å². The normalized spacial score (nSPS) is 16.0. The van der Waals surface area contributed by atoms with Crippen LogP contribution >= 0.6 is 0 Å². The Bertz CT molecular complexity index is 378. The van der Waals surface area contributed by atoms with E-state index in [2.05, 4.69) is 37.1 Å². The van der Waals surface area contributed by atoms with Crippen molar-refractivity contribution in [3.05, 3.63) is 17.8 Å². The molecule has 1 aromatic heterocycles. The van der Waals surface area contributed by atoms with E-state index in [1.807, 2.05) is 13.2 Å². The number of rotatable bonds is 3. The summed E-state index contributed by atoms with van der Waals surface area (Å²) in [5, 5.41) is 3.07. The number of pyridine rings is 1. The van der Waals surface area contributed by atoms with Crippen molar-refractivity contribution in [2.45, 2.75) is 45.1 Å². The van der Waals surface area contributed by atoms with Crippen LogP contribution in [0.2, 0.25) is 0 Å². The average Bonchev–Trinajstić information content (AvgIpc) is 3.00. The van der Waals surface area contributed by atoms with Crippen LogP contribution in [0.3, 0.4) is 0 Å². The van der Waals surface area contributed by atoms with E-state index in [4.69, 9.17) is 4.74 Å². The van der Waals surface area contributed by atoms with Crippen LogP contribution in [0.25, 0.3) is 0 Å². The lowest BCUT2D eigenvalue weighted by molar-refractivity contribution is 0.303. The standard InChI is InChI=1S/C13H20N2O/c1-13(2,3)9-7-11(16-10-5-6-10)12(14-4)15-8-9/h7-8,10H,5-6H2,1-4H3,(H,14,15). The van der Waals surface area contributed by atoms with Gasteiger partial charge in [0.05, 0.1) is 6.10 Å². The summed E-state index contributed by atoms with van der Waals surface area (Å²) in [5.41, 5.74) is 1.32. The van der Waals surface area contributed by atoms with Crippen molar-refractivity contribution in [2.75, 3.05) is 12.4 Å². The van der Waals surface area contributed by atoms with Crippen LogP contribution in [-0.4, -0.2) is 18.1 Å². The molecule has 0 saturated heterocycles. The fourth-order valence-electron chi connectivity index (χ4n) is 1.50. The maximum atomic E-state index is 5.86. The Morgan fingerprint density at radius 2 is 2.06 bits per heavy atom. The van der Waals surface area contributed by atoms with E-state index in [0.29, 0.717) is 6.10 Å². The molecule has 1 heterocycles. The fraction of sp³-hybridized carbons (Fsp3) is 0.615. The monoisotopic (exact) mass is 220 g/mol. The molecule has 1 aliphatic carbocycles. The van der Waals surface area contributed by atoms with Crippen molar-refractivity contribution >= 4 is 5.82 Å². The first-order chi connectivity index (χ1) is 7.50. The number of anilines is 1. The van der Waals surface area contributed by atoms with Gasteiger partial charge in [0.1, 0.15) is 0 Å². The first-order valence-corrected chi connectivity index (χ1v) is 5.85. The minimum atomic E-state index is 0.112. The van der Waals surface area contributed by atoms with Gasteiger partial charge < -0.3 is 10.1 Å². The summed E-state index contributed by atoms with van der Waals surface area (Å²) in [4.78, 5) is 4.41. The van der Waals surface area contributed by atoms with Gasteiger partial charge in [0.2, 0.25) is 0 Å². The topological polar surface area (TPSA) is 34.2 Å². The van der Waals surface area contributed by atoms with Crippen LogP contribution in [0.1, 0.15) is 39.2 Å². The van der Waals surface area contributed by atoms with Gasteiger partial charge in [0.15, 0.2) is 11.6 Å². The van der Waals surface area contributed by atoms with Crippen LogP contribution in [0.5, 0.6) is 5.75 Å². The summed E-state index contributed by atoms with van der Waals surface area (Å²) in [6.45, 7) is 6.55. The molecule has 3 heteroatoms. The number of hydrogen-bond acceptors (Lipinski definition) is 3. The van der Waals surface area contributed by atoms with Crippen molar-refractivity contribution < 1.29 is 4.74 Å². The van der Waals surface area contributed by atoms with Crippen molar-refractivity contribution in [1.82, 2.24) is 4.98 Å². The van der Waals surface area contributed by atoms with E-state index in [9.17, 15) is 0 Å². The van der Waals surface area contributed by atoms with Crippen LogP contribution < -0.4 is 10.1 Å². The minimum Gasteiger partial charge on any atom is -0.487 e. The number of ether oxygens (including phenoxy) is 1. The van der Waals surface area contributed by atoms with E-state index in [1.165, 1.54) is 18.4 Å². The first kappa shape index (κ1) is 11.2. The lowest BCUT2D eigenvalue weighted by Gasteiger charge is -2.20. The molecule has 0 spiro atoms. The molecule has 0 aliphatic heterocycles. The molecule has 88 valence electrons. The van der Waals surface area contributed by atoms with Crippen molar-refractivity contribution in [3.8, 4) is 5.75 Å². The number of nitrogens with zero attached hydrogens (tertiary/aromatic N) is 1. The molecule has 0 aromatic carbocycles. The molecule has 1 aromatic rings. The summed E-state index contributed by atoms with van der Waals surface area (Å²) in [6.07, 6.45) is 4.67. The molecule has 16 heavy (non-hydrogen) atoms. The molecule has 3 nitrogen and oxygen atoms in total. The molecular formula is C13H20N2O. The Labute approximate surface area is 97.2 Å². The van der Waals surface area contributed by atoms with Crippen LogP contribution in [0.4, 0.5) is 5.82 Å². The maximum absolute atomic E-state index is 5.86. The molecule has 2 rings (SSSR count). The predicted molar refractivity (Wildman–Crippen MR) is 66.1 cm³/mol. The van der Waals surface area contributed by atoms with Crippen molar-refractivity contribution in [3.63, 3.8) is 0 Å². The Morgan fingerprint density at radius 1 is 1.38 bits per heavy atom. The lowest BCUT2D eigenvalue weighted by atomic mass is 9.88. The van der Waals surface area contributed by atoms with Crippen molar-refractivity contribution in [1.29, 1.82) is 0 Å². The Kier molecular flexibility index (Phi) is 2.78. The summed E-state index contributed by atoms with van der Waals surface area (Å²) in [5.74, 6) is 1.72. The Balaban J connectivity index is 2.29. The maximum Gasteiger partial charge on any atom is 0.168 e. The minimum absolute atomic E-state index is 0.112. The SMILES string of the molecule is CNc1ncc(C(C)(C)C)cc1OC1CC1. The van der Waals surface area contributed by atoms with Crippen LogP contribution in [-0.2, 0) is 5.41 Å². The third kappa shape index (κ3) is 2.46. The van der Waals surface area contributed by atoms with Gasteiger partial charge in [-0.1, -0.05) is 20.8 Å². The molecule has 0 amide bonds. The predicted octanol–water partition coefficient (Wildman–Crippen LogP) is 2.96. The van der Waals surface area contributed by atoms with E-state index in [0.717, 1.165) is 11.6 Å². The molecule has 0 radical (unpaired) electrons. The highest BCUT2D eigenvalue weighted by atomic mass is 16.5. The van der Waals surface area contributed by atoms with Gasteiger partial charge in [0, 0.05) is 13.2 Å². The van der Waals surface area contributed by atoms with E-state index >= 15 is 0 Å². The number of nitrogens with one attached hydrogen (secondary N) is 1. The zero-order chi connectivity index (χ0) is 11.8. The summed E-state index contributed by atoms with van der Waals surface area (Å²) in [7, 11) is 1.87. The van der Waals surface area contributed by atoms with Gasteiger partial charge in [-0.3, -0.25) is 0 Å². The quantitative estimate of drug-likeness (QED) is 0.850. The van der Waals surface area contributed by atoms with Gasteiger partial charge in [-0.05, 0) is 29.9 Å². The van der Waals surface area contributed by atoms with Gasteiger partial charge in [-0.25, -0.2) is 4.98 Å². The smallest absolute Gasteiger partial charge is 0.168 e. The molecule has 0 atom stereocenters. The Hall–Kier alpha value is -1.25. The zero-order valence-electron chi connectivity index (χ0n) is 10.5. The van der Waals surface area contributed by atoms with E-state index in [1.54, 1.807) is 0 Å². The second kappa shape index (κ2) is 3.96. The average molecular weight is 220 g/mol. The summed E-state index contributed by atoms with van der Waals surface area (Å²) in [6, 6.07) is 2.11. The number of hydrogen-bond donors (Lipinski definition) is 1. The van der Waals surface area contributed by atoms with Gasteiger partial charge in [-0.15, -0.1) is 0 Å². The van der Waals surface area contributed by atoms with Crippen LogP contribution in [0.15, 0.2) is 12.3 Å². The first-order valence-electron chi connectivity index (χ1n) is 5.85. The third-order valence-corrected chi connectivity index (χ3v) is 2.77. The Morgan fingerprint density at radius 3 is 2.56 bits per heavy atom. The van der Waals surface area contributed by atoms with E-state index in [-0.39, 0.29) is 5.41 Å². The summed E-state index contributed by atoms with van der Waals surface area (Å²) >= 11 is 0. The van der Waals surface area contributed by atoms with Gasteiger partial charge in [0.25, 0.3) is 0 Å².